The van der Waals surface area contributed by atoms with Crippen molar-refractivity contribution in [2.75, 3.05) is 75.0 Å². The average molecular weight is 439 g/mol. The van der Waals surface area contributed by atoms with Gasteiger partial charge >= 0.3 is 0 Å². The number of nitrogens with one attached hydrogen (secondary N) is 1. The molecule has 0 aliphatic carbocycles. The third-order valence-electron chi connectivity index (χ3n) is 5.30. The third-order valence-corrected chi connectivity index (χ3v) is 5.30. The van der Waals surface area contributed by atoms with Gasteiger partial charge in [-0.05, 0) is 13.5 Å². The van der Waals surface area contributed by atoms with Gasteiger partial charge in [-0.1, -0.05) is 0 Å². The first kappa shape index (κ1) is 24.1. The van der Waals surface area contributed by atoms with E-state index in [4.69, 9.17) is 30.3 Å². The number of nitrogens with zero attached hydrogens (tertiary/aromatic N) is 5. The second-order valence-corrected chi connectivity index (χ2v) is 7.36. The minimum atomic E-state index is -0.318. The molecule has 172 valence electrons. The fourth-order valence-electron chi connectivity index (χ4n) is 3.68. The predicted octanol–water partition coefficient (Wildman–Crippen LogP) is -1.69. The van der Waals surface area contributed by atoms with Gasteiger partial charge in [0.2, 0.25) is 11.9 Å². The first-order chi connectivity index (χ1) is 14.9. The molecule has 1 unspecified atom stereocenters. The molecule has 5 N–H and O–H groups in total. The van der Waals surface area contributed by atoms with E-state index in [0.29, 0.717) is 19.0 Å². The number of carbonyl (C=O) groups is 3. The Morgan fingerprint density at radius 1 is 1.10 bits per heavy atom. The second kappa shape index (κ2) is 11.3. The monoisotopic (exact) mass is 439 g/mol. The second-order valence-electron chi connectivity index (χ2n) is 7.36. The summed E-state index contributed by atoms with van der Waals surface area (Å²) in [6.45, 7) is 5.61. The maximum Gasteiger partial charge on any atom is 0.290 e. The van der Waals surface area contributed by atoms with Crippen LogP contribution < -0.4 is 20.9 Å². The van der Waals surface area contributed by atoms with Gasteiger partial charge < -0.3 is 40.7 Å². The van der Waals surface area contributed by atoms with E-state index in [-0.39, 0.29) is 31.1 Å². The molecule has 3 fully saturated rings. The molecule has 0 aromatic carbocycles. The highest BCUT2D eigenvalue weighted by Gasteiger charge is 2.42. The number of carboxylic acid groups (broad SMARTS) is 2. The van der Waals surface area contributed by atoms with Gasteiger partial charge in [-0.2, -0.15) is 9.97 Å². The zero-order valence-electron chi connectivity index (χ0n) is 17.4. The van der Waals surface area contributed by atoms with Crippen LogP contribution in [0.1, 0.15) is 6.42 Å². The topological polar surface area (TPSA) is 174 Å². The van der Waals surface area contributed by atoms with Crippen molar-refractivity contribution in [3.8, 4) is 0 Å². The van der Waals surface area contributed by atoms with Gasteiger partial charge in [0.1, 0.15) is 23.8 Å². The summed E-state index contributed by atoms with van der Waals surface area (Å²) in [5.74, 6) is 1.96. The fourth-order valence-corrected chi connectivity index (χ4v) is 3.68. The van der Waals surface area contributed by atoms with Gasteiger partial charge in [0.25, 0.3) is 12.9 Å². The molecule has 3 saturated heterocycles. The fraction of sp³-hybridized carbons (Fsp3) is 0.611. The standard InChI is InChI=1S/C16H25N7O2.2CH2O2/c1-21-4-6-22(7-5-21)12-8-13(20-15(17)19-12)23-3-2-16(11-23)10-18-14(24)9-25-16;2*2-1-3/h8H,2-7,9-11H2,1H3,(H,18,24)(H2,17,19,20);2*1H,(H,2,3). The van der Waals surface area contributed by atoms with Crippen LogP contribution in [0.25, 0.3) is 0 Å². The molecule has 1 atom stereocenters. The summed E-state index contributed by atoms with van der Waals surface area (Å²) in [5.41, 5.74) is 5.66. The Kier molecular flexibility index (Phi) is 8.75. The van der Waals surface area contributed by atoms with Crippen LogP contribution in [0.15, 0.2) is 6.07 Å². The van der Waals surface area contributed by atoms with Crippen LogP contribution in [-0.4, -0.2) is 109 Å². The number of hydrogen-bond acceptors (Lipinski definition) is 10. The van der Waals surface area contributed by atoms with E-state index >= 15 is 0 Å². The van der Waals surface area contributed by atoms with Crippen molar-refractivity contribution in [3.63, 3.8) is 0 Å². The normalized spacial score (nSPS) is 23.2. The van der Waals surface area contributed by atoms with Crippen LogP contribution in [0.5, 0.6) is 0 Å². The Morgan fingerprint density at radius 2 is 1.68 bits per heavy atom. The number of hydrogen-bond donors (Lipinski definition) is 4. The van der Waals surface area contributed by atoms with E-state index in [2.05, 4.69) is 37.0 Å². The van der Waals surface area contributed by atoms with Crippen LogP contribution in [0, 0.1) is 0 Å². The molecule has 13 nitrogen and oxygen atoms in total. The molecule has 0 bridgehead atoms. The summed E-state index contributed by atoms with van der Waals surface area (Å²) in [6.07, 6.45) is 0.862. The number of morpholine rings is 1. The molecule has 4 rings (SSSR count). The number of nitrogen functional groups attached to an aromatic ring is 1. The molecule has 0 saturated carbocycles. The van der Waals surface area contributed by atoms with Crippen molar-refractivity contribution in [2.45, 2.75) is 12.0 Å². The highest BCUT2D eigenvalue weighted by Crippen LogP contribution is 2.31. The van der Waals surface area contributed by atoms with Crippen molar-refractivity contribution in [1.82, 2.24) is 20.2 Å². The Morgan fingerprint density at radius 3 is 2.23 bits per heavy atom. The number of anilines is 3. The quantitative estimate of drug-likeness (QED) is 0.385. The Labute approximate surface area is 179 Å². The molecule has 31 heavy (non-hydrogen) atoms. The number of carbonyl (C=O) groups excluding carboxylic acids is 1. The molecule has 0 radical (unpaired) electrons. The van der Waals surface area contributed by atoms with Crippen LogP contribution in [-0.2, 0) is 19.1 Å². The number of amides is 1. The zero-order chi connectivity index (χ0) is 22.9. The van der Waals surface area contributed by atoms with E-state index in [1.165, 1.54) is 0 Å². The lowest BCUT2D eigenvalue weighted by atomic mass is 10.0. The molecule has 1 aromatic heterocycles. The van der Waals surface area contributed by atoms with E-state index in [0.717, 1.165) is 50.8 Å². The van der Waals surface area contributed by atoms with Crippen molar-refractivity contribution < 1.29 is 29.3 Å². The minimum Gasteiger partial charge on any atom is -0.483 e. The minimum absolute atomic E-state index is 0.0484. The summed E-state index contributed by atoms with van der Waals surface area (Å²) in [5, 5.41) is 16.7. The number of rotatable bonds is 2. The van der Waals surface area contributed by atoms with Gasteiger partial charge in [-0.25, -0.2) is 0 Å². The molecule has 3 aliphatic heterocycles. The first-order valence-electron chi connectivity index (χ1n) is 9.75. The van der Waals surface area contributed by atoms with Crippen molar-refractivity contribution in [2.24, 2.45) is 0 Å². The SMILES string of the molecule is CN1CCN(c2cc(N3CCC4(CNC(=O)CO4)C3)nc(N)n2)CC1.O=CO.O=CO. The maximum absolute atomic E-state index is 11.3. The molecule has 13 heteroatoms. The Hall–Kier alpha value is -3.19. The number of piperazine rings is 1. The van der Waals surface area contributed by atoms with Crippen molar-refractivity contribution in [3.05, 3.63) is 6.07 Å². The first-order valence-corrected chi connectivity index (χ1v) is 9.75. The Balaban J connectivity index is 0.000000513. The lowest BCUT2D eigenvalue weighted by molar-refractivity contribution is -0.141. The van der Waals surface area contributed by atoms with Crippen LogP contribution in [0.2, 0.25) is 0 Å². The van der Waals surface area contributed by atoms with Crippen molar-refractivity contribution in [1.29, 1.82) is 0 Å². The number of aromatic nitrogens is 2. The molecular formula is C18H29N7O6. The highest BCUT2D eigenvalue weighted by atomic mass is 16.5. The van der Waals surface area contributed by atoms with Gasteiger partial charge in [0.15, 0.2) is 0 Å². The summed E-state index contributed by atoms with van der Waals surface area (Å²) in [6, 6.07) is 2.02. The van der Waals surface area contributed by atoms with E-state index < -0.39 is 0 Å². The van der Waals surface area contributed by atoms with E-state index in [1.54, 1.807) is 0 Å². The molecule has 4 heterocycles. The smallest absolute Gasteiger partial charge is 0.290 e. The summed E-state index contributed by atoms with van der Waals surface area (Å²) < 4.78 is 5.83. The average Bonchev–Trinajstić information content (AvgIpc) is 3.16. The third kappa shape index (κ3) is 6.65. The maximum atomic E-state index is 11.3. The summed E-state index contributed by atoms with van der Waals surface area (Å²) >= 11 is 0. The van der Waals surface area contributed by atoms with Gasteiger partial charge in [0, 0.05) is 45.3 Å². The summed E-state index contributed by atoms with van der Waals surface area (Å²) in [7, 11) is 2.13. The number of likely N-dealkylation sites (N-methyl/N-ethyl adjacent to an activating group) is 1. The molecule has 3 aliphatic rings. The largest absolute Gasteiger partial charge is 0.483 e. The van der Waals surface area contributed by atoms with E-state index in [9.17, 15) is 4.79 Å². The molecule has 1 aromatic rings. The van der Waals surface area contributed by atoms with Crippen molar-refractivity contribution >= 4 is 36.4 Å². The van der Waals surface area contributed by atoms with Crippen LogP contribution in [0.4, 0.5) is 17.6 Å². The predicted molar refractivity (Wildman–Crippen MR) is 112 cm³/mol. The van der Waals surface area contributed by atoms with Gasteiger partial charge in [0.05, 0.1) is 6.54 Å². The zero-order valence-corrected chi connectivity index (χ0v) is 17.4. The van der Waals surface area contributed by atoms with E-state index in [1.807, 2.05) is 6.07 Å². The highest BCUT2D eigenvalue weighted by molar-refractivity contribution is 5.78. The molecule has 1 spiro atoms. The number of ether oxygens (including phenoxy) is 1. The summed E-state index contributed by atoms with van der Waals surface area (Å²) in [4.78, 5) is 43.7. The molecule has 1 amide bonds. The lowest BCUT2D eigenvalue weighted by Gasteiger charge is -2.34. The lowest BCUT2D eigenvalue weighted by Crippen LogP contribution is -2.53. The Bertz CT molecular complexity index is 741. The van der Waals surface area contributed by atoms with Crippen LogP contribution >= 0.6 is 0 Å². The number of nitrogens with two attached hydrogens (primary N) is 1. The molecular weight excluding hydrogens is 410 g/mol. The van der Waals surface area contributed by atoms with Crippen LogP contribution in [0.3, 0.4) is 0 Å². The van der Waals surface area contributed by atoms with Gasteiger partial charge in [-0.3, -0.25) is 14.4 Å². The van der Waals surface area contributed by atoms with Gasteiger partial charge in [-0.15, -0.1) is 0 Å².